The van der Waals surface area contributed by atoms with Gasteiger partial charge in [0.15, 0.2) is 0 Å². The summed E-state index contributed by atoms with van der Waals surface area (Å²) in [4.78, 5) is 7.60. The number of hydrogen-bond acceptors (Lipinski definition) is 3. The molecule has 0 radical (unpaired) electrons. The highest BCUT2D eigenvalue weighted by Crippen LogP contribution is 2.21. The highest BCUT2D eigenvalue weighted by Gasteiger charge is 2.13. The average molecular weight is 406 g/mol. The maximum absolute atomic E-state index is 6.13. The van der Waals surface area contributed by atoms with Crippen LogP contribution in [0.3, 0.4) is 0 Å². The molecule has 160 valence electrons. The maximum Gasteiger partial charge on any atom is 0.122 e. The van der Waals surface area contributed by atoms with Crippen molar-refractivity contribution in [3.8, 4) is 5.75 Å². The lowest BCUT2D eigenvalue weighted by Gasteiger charge is -2.19. The van der Waals surface area contributed by atoms with E-state index in [-0.39, 0.29) is 0 Å². The lowest BCUT2D eigenvalue weighted by atomic mass is 10.1. The number of aryl methyl sites for hydroxylation is 3. The largest absolute Gasteiger partial charge is 0.491 e. The Balaban J connectivity index is 1.40. The Labute approximate surface area is 180 Å². The summed E-state index contributed by atoms with van der Waals surface area (Å²) in [5.41, 5.74) is 4.77. The minimum atomic E-state index is 0.656. The number of fused-ring (bicyclic) bond motifs is 1. The molecule has 0 bridgehead atoms. The van der Waals surface area contributed by atoms with Crippen LogP contribution < -0.4 is 4.74 Å². The third-order valence-electron chi connectivity index (χ3n) is 6.21. The van der Waals surface area contributed by atoms with E-state index in [9.17, 15) is 0 Å². The molecule has 3 aromatic rings. The third-order valence-corrected chi connectivity index (χ3v) is 6.21. The Morgan fingerprint density at radius 2 is 1.73 bits per heavy atom. The first-order chi connectivity index (χ1) is 14.7. The first kappa shape index (κ1) is 20.9. The predicted octanol–water partition coefficient (Wildman–Crippen LogP) is 5.54. The summed E-state index contributed by atoms with van der Waals surface area (Å²) in [6.07, 6.45) is 7.69. The van der Waals surface area contributed by atoms with Gasteiger partial charge >= 0.3 is 0 Å². The standard InChI is InChI=1S/C26H35N3O/c1-21-13-14-25(22(2)20-21)30-19-18-29-24-11-6-5-10-23(24)27-26(29)12-9-17-28-15-7-3-4-8-16-28/h5-6,10-11,13-14,20H,3-4,7-9,12,15-19H2,1-2H3. The summed E-state index contributed by atoms with van der Waals surface area (Å²) in [5, 5.41) is 0. The Morgan fingerprint density at radius 3 is 2.53 bits per heavy atom. The van der Waals surface area contributed by atoms with Crippen LogP contribution >= 0.6 is 0 Å². The molecule has 0 amide bonds. The van der Waals surface area contributed by atoms with E-state index in [1.807, 2.05) is 0 Å². The number of rotatable bonds is 8. The summed E-state index contributed by atoms with van der Waals surface area (Å²) in [5.74, 6) is 2.17. The van der Waals surface area contributed by atoms with Crippen molar-refractivity contribution in [2.45, 2.75) is 58.9 Å². The van der Waals surface area contributed by atoms with Crippen LogP contribution in [0.15, 0.2) is 42.5 Å². The fourth-order valence-corrected chi connectivity index (χ4v) is 4.59. The molecule has 0 N–H and O–H groups in total. The maximum atomic E-state index is 6.13. The molecule has 4 heteroatoms. The Bertz CT molecular complexity index is 954. The molecular formula is C26H35N3O. The van der Waals surface area contributed by atoms with Crippen LogP contribution in [0.25, 0.3) is 11.0 Å². The van der Waals surface area contributed by atoms with Crippen LogP contribution in [0.5, 0.6) is 5.75 Å². The lowest BCUT2D eigenvalue weighted by Crippen LogP contribution is -2.26. The minimum absolute atomic E-state index is 0.656. The second-order valence-electron chi connectivity index (χ2n) is 8.65. The summed E-state index contributed by atoms with van der Waals surface area (Å²) in [7, 11) is 0. The molecule has 0 unspecified atom stereocenters. The van der Waals surface area contributed by atoms with Gasteiger partial charge in [-0.25, -0.2) is 4.98 Å². The van der Waals surface area contributed by atoms with E-state index >= 15 is 0 Å². The van der Waals surface area contributed by atoms with Crippen molar-refractivity contribution in [1.82, 2.24) is 14.5 Å². The molecule has 1 aliphatic heterocycles. The highest BCUT2D eigenvalue weighted by molar-refractivity contribution is 5.75. The van der Waals surface area contributed by atoms with Gasteiger partial charge in [-0.1, -0.05) is 42.7 Å². The van der Waals surface area contributed by atoms with Crippen LogP contribution in [0.1, 0.15) is 49.1 Å². The fourth-order valence-electron chi connectivity index (χ4n) is 4.59. The van der Waals surface area contributed by atoms with Gasteiger partial charge in [-0.3, -0.25) is 0 Å². The molecule has 4 nitrogen and oxygen atoms in total. The van der Waals surface area contributed by atoms with Crippen molar-refractivity contribution in [3.63, 3.8) is 0 Å². The van der Waals surface area contributed by atoms with Crippen molar-refractivity contribution >= 4 is 11.0 Å². The van der Waals surface area contributed by atoms with Crippen LogP contribution in [0, 0.1) is 13.8 Å². The van der Waals surface area contributed by atoms with E-state index in [4.69, 9.17) is 9.72 Å². The van der Waals surface area contributed by atoms with Gasteiger partial charge in [0.1, 0.15) is 18.2 Å². The molecule has 0 saturated carbocycles. The van der Waals surface area contributed by atoms with Crippen LogP contribution in [-0.4, -0.2) is 40.7 Å². The Hall–Kier alpha value is -2.33. The van der Waals surface area contributed by atoms with E-state index < -0.39 is 0 Å². The van der Waals surface area contributed by atoms with Gasteiger partial charge in [-0.15, -0.1) is 0 Å². The van der Waals surface area contributed by atoms with Crippen molar-refractivity contribution in [2.24, 2.45) is 0 Å². The van der Waals surface area contributed by atoms with E-state index in [2.05, 4.69) is 65.8 Å². The van der Waals surface area contributed by atoms with Gasteiger partial charge in [0.2, 0.25) is 0 Å². The van der Waals surface area contributed by atoms with Crippen molar-refractivity contribution in [2.75, 3.05) is 26.2 Å². The molecule has 0 spiro atoms. The zero-order chi connectivity index (χ0) is 20.8. The Morgan fingerprint density at radius 1 is 0.933 bits per heavy atom. The monoisotopic (exact) mass is 405 g/mol. The molecule has 30 heavy (non-hydrogen) atoms. The highest BCUT2D eigenvalue weighted by atomic mass is 16.5. The molecule has 1 fully saturated rings. The predicted molar refractivity (Wildman–Crippen MR) is 124 cm³/mol. The number of hydrogen-bond donors (Lipinski definition) is 0. The minimum Gasteiger partial charge on any atom is -0.491 e. The summed E-state index contributed by atoms with van der Waals surface area (Å²) >= 11 is 0. The fraction of sp³-hybridized carbons (Fsp3) is 0.500. The average Bonchev–Trinajstić information content (AvgIpc) is 2.89. The second-order valence-corrected chi connectivity index (χ2v) is 8.65. The second kappa shape index (κ2) is 10.1. The third kappa shape index (κ3) is 5.23. The van der Waals surface area contributed by atoms with Crippen LogP contribution in [0.2, 0.25) is 0 Å². The zero-order valence-electron chi connectivity index (χ0n) is 18.6. The molecule has 1 aromatic heterocycles. The van der Waals surface area contributed by atoms with Gasteiger partial charge < -0.3 is 14.2 Å². The molecular weight excluding hydrogens is 370 g/mol. The van der Waals surface area contributed by atoms with E-state index in [1.165, 1.54) is 74.2 Å². The summed E-state index contributed by atoms with van der Waals surface area (Å²) < 4.78 is 8.49. The summed E-state index contributed by atoms with van der Waals surface area (Å²) in [6, 6.07) is 14.9. The van der Waals surface area contributed by atoms with Gasteiger partial charge in [0, 0.05) is 6.42 Å². The van der Waals surface area contributed by atoms with E-state index in [1.54, 1.807) is 0 Å². The number of ether oxygens (including phenoxy) is 1. The van der Waals surface area contributed by atoms with Crippen LogP contribution in [-0.2, 0) is 13.0 Å². The Kier molecular flexibility index (Phi) is 7.06. The van der Waals surface area contributed by atoms with Crippen molar-refractivity contribution in [1.29, 1.82) is 0 Å². The van der Waals surface area contributed by atoms with Crippen molar-refractivity contribution < 1.29 is 4.74 Å². The zero-order valence-corrected chi connectivity index (χ0v) is 18.6. The number of imidazole rings is 1. The van der Waals surface area contributed by atoms with Crippen LogP contribution in [0.4, 0.5) is 0 Å². The van der Waals surface area contributed by atoms with Gasteiger partial charge in [-0.2, -0.15) is 0 Å². The number of benzene rings is 2. The van der Waals surface area contributed by atoms with Gasteiger partial charge in [-0.05, 0) is 76.5 Å². The SMILES string of the molecule is Cc1ccc(OCCn2c(CCCN3CCCCCC3)nc3ccccc32)c(C)c1. The molecule has 1 aliphatic rings. The molecule has 1 saturated heterocycles. The smallest absolute Gasteiger partial charge is 0.122 e. The van der Waals surface area contributed by atoms with Crippen molar-refractivity contribution in [3.05, 3.63) is 59.4 Å². The number of likely N-dealkylation sites (tertiary alicyclic amines) is 1. The molecule has 2 heterocycles. The topological polar surface area (TPSA) is 30.3 Å². The normalized spacial score (nSPS) is 15.4. The number of para-hydroxylation sites is 2. The molecule has 0 aliphatic carbocycles. The van der Waals surface area contributed by atoms with E-state index in [0.29, 0.717) is 6.61 Å². The molecule has 4 rings (SSSR count). The van der Waals surface area contributed by atoms with Gasteiger partial charge in [0.25, 0.3) is 0 Å². The first-order valence-corrected chi connectivity index (χ1v) is 11.6. The molecule has 0 atom stereocenters. The first-order valence-electron chi connectivity index (χ1n) is 11.6. The van der Waals surface area contributed by atoms with Gasteiger partial charge in [0.05, 0.1) is 17.6 Å². The van der Waals surface area contributed by atoms with E-state index in [0.717, 1.165) is 24.2 Å². The molecule has 2 aromatic carbocycles. The number of aromatic nitrogens is 2. The lowest BCUT2D eigenvalue weighted by molar-refractivity contribution is 0.278. The quantitative estimate of drug-likeness (QED) is 0.493. The summed E-state index contributed by atoms with van der Waals surface area (Å²) in [6.45, 7) is 9.42. The number of nitrogens with zero attached hydrogens (tertiary/aromatic N) is 3.